The molecule has 0 fully saturated rings. The lowest BCUT2D eigenvalue weighted by Gasteiger charge is -2.18. The molecule has 1 rings (SSSR count). The van der Waals surface area contributed by atoms with Gasteiger partial charge in [0.1, 0.15) is 0 Å². The molecule has 1 unspecified atom stereocenters. The summed E-state index contributed by atoms with van der Waals surface area (Å²) in [4.78, 5) is 0. The number of benzene rings is 1. The molecule has 0 spiro atoms. The van der Waals surface area contributed by atoms with Gasteiger partial charge in [0.25, 0.3) is 0 Å². The predicted molar refractivity (Wildman–Crippen MR) is 64.7 cm³/mol. The van der Waals surface area contributed by atoms with E-state index in [1.54, 1.807) is 19.2 Å². The van der Waals surface area contributed by atoms with Crippen LogP contribution in [0.1, 0.15) is 25.3 Å². The first-order valence-electron chi connectivity index (χ1n) is 5.25. The number of methoxy groups -OCH3 is 1. The van der Waals surface area contributed by atoms with E-state index in [1.165, 1.54) is 0 Å². The molecular weight excluding hydrogens is 228 g/mol. The van der Waals surface area contributed by atoms with Crippen LogP contribution in [0.5, 0.6) is 11.5 Å². The Morgan fingerprint density at radius 3 is 2.62 bits per heavy atom. The van der Waals surface area contributed by atoms with Gasteiger partial charge in [-0.25, -0.2) is 0 Å². The minimum atomic E-state index is -0.0795. The first kappa shape index (κ1) is 13.1. The number of aliphatic hydroxyl groups excluding tert-OH is 1. The standard InChI is InChI=1S/C12H17ClO3/c1-4-16-12-10(15-3)6-5-9(13)11(12)8(2)7-14/h5-6,8,14H,4,7H2,1-3H3. The largest absolute Gasteiger partial charge is 0.493 e. The summed E-state index contributed by atoms with van der Waals surface area (Å²) in [7, 11) is 1.58. The smallest absolute Gasteiger partial charge is 0.166 e. The van der Waals surface area contributed by atoms with Crippen LogP contribution in [0.4, 0.5) is 0 Å². The zero-order chi connectivity index (χ0) is 12.1. The number of ether oxygens (including phenoxy) is 2. The first-order chi connectivity index (χ1) is 7.65. The van der Waals surface area contributed by atoms with Gasteiger partial charge in [0.05, 0.1) is 13.7 Å². The molecule has 0 aliphatic rings. The Morgan fingerprint density at radius 2 is 2.12 bits per heavy atom. The van der Waals surface area contributed by atoms with Crippen molar-refractivity contribution in [1.82, 2.24) is 0 Å². The van der Waals surface area contributed by atoms with E-state index in [9.17, 15) is 5.11 Å². The van der Waals surface area contributed by atoms with Crippen molar-refractivity contribution in [2.24, 2.45) is 0 Å². The van der Waals surface area contributed by atoms with Gasteiger partial charge in [0, 0.05) is 23.1 Å². The summed E-state index contributed by atoms with van der Waals surface area (Å²) >= 11 is 6.12. The Kier molecular flexibility index (Phi) is 4.90. The van der Waals surface area contributed by atoms with Crippen molar-refractivity contribution in [1.29, 1.82) is 0 Å². The molecule has 4 heteroatoms. The molecule has 0 bridgehead atoms. The number of aliphatic hydroxyl groups is 1. The molecule has 0 aliphatic heterocycles. The first-order valence-corrected chi connectivity index (χ1v) is 5.63. The average Bonchev–Trinajstić information content (AvgIpc) is 2.29. The second-order valence-corrected chi connectivity index (χ2v) is 3.92. The van der Waals surface area contributed by atoms with Crippen molar-refractivity contribution in [2.45, 2.75) is 19.8 Å². The second kappa shape index (κ2) is 5.97. The van der Waals surface area contributed by atoms with Crippen molar-refractivity contribution in [3.05, 3.63) is 22.7 Å². The Morgan fingerprint density at radius 1 is 1.44 bits per heavy atom. The van der Waals surface area contributed by atoms with Crippen LogP contribution in [0.2, 0.25) is 5.02 Å². The fourth-order valence-corrected chi connectivity index (χ4v) is 1.90. The van der Waals surface area contributed by atoms with Gasteiger partial charge in [-0.3, -0.25) is 0 Å². The third-order valence-corrected chi connectivity index (χ3v) is 2.71. The van der Waals surface area contributed by atoms with Gasteiger partial charge in [-0.1, -0.05) is 18.5 Å². The van der Waals surface area contributed by atoms with E-state index in [4.69, 9.17) is 21.1 Å². The second-order valence-electron chi connectivity index (χ2n) is 3.51. The van der Waals surface area contributed by atoms with Crippen molar-refractivity contribution in [2.75, 3.05) is 20.3 Å². The number of hydrogen-bond donors (Lipinski definition) is 1. The lowest BCUT2D eigenvalue weighted by atomic mass is 10.0. The van der Waals surface area contributed by atoms with Crippen LogP contribution in [0.3, 0.4) is 0 Å². The fraction of sp³-hybridized carbons (Fsp3) is 0.500. The van der Waals surface area contributed by atoms with Gasteiger partial charge < -0.3 is 14.6 Å². The molecule has 0 saturated carbocycles. The van der Waals surface area contributed by atoms with Gasteiger partial charge in [-0.2, -0.15) is 0 Å². The normalized spacial score (nSPS) is 12.3. The van der Waals surface area contributed by atoms with Gasteiger partial charge in [-0.15, -0.1) is 0 Å². The molecule has 0 radical (unpaired) electrons. The minimum absolute atomic E-state index is 0.0208. The lowest BCUT2D eigenvalue weighted by molar-refractivity contribution is 0.263. The zero-order valence-electron chi connectivity index (χ0n) is 9.79. The Balaban J connectivity index is 3.29. The molecule has 3 nitrogen and oxygen atoms in total. The number of rotatable bonds is 5. The van der Waals surface area contributed by atoms with Gasteiger partial charge in [-0.05, 0) is 19.1 Å². The zero-order valence-corrected chi connectivity index (χ0v) is 10.5. The third kappa shape index (κ3) is 2.60. The monoisotopic (exact) mass is 244 g/mol. The van der Waals surface area contributed by atoms with E-state index in [2.05, 4.69) is 0 Å². The SMILES string of the molecule is CCOc1c(OC)ccc(Cl)c1C(C)CO. The summed E-state index contributed by atoms with van der Waals surface area (Å²) in [5, 5.41) is 9.80. The highest BCUT2D eigenvalue weighted by molar-refractivity contribution is 6.31. The third-order valence-electron chi connectivity index (χ3n) is 2.38. The molecule has 0 saturated heterocycles. The summed E-state index contributed by atoms with van der Waals surface area (Å²) in [6.07, 6.45) is 0. The van der Waals surface area contributed by atoms with Crippen LogP contribution in [-0.4, -0.2) is 25.4 Å². The van der Waals surface area contributed by atoms with Crippen molar-refractivity contribution in [3.8, 4) is 11.5 Å². The summed E-state index contributed by atoms with van der Waals surface area (Å²) in [6.45, 7) is 4.34. The molecule has 0 heterocycles. The summed E-state index contributed by atoms with van der Waals surface area (Å²) in [6, 6.07) is 3.52. The molecule has 0 amide bonds. The van der Waals surface area contributed by atoms with Crippen LogP contribution in [0.25, 0.3) is 0 Å². The quantitative estimate of drug-likeness (QED) is 0.866. The average molecular weight is 245 g/mol. The van der Waals surface area contributed by atoms with Crippen LogP contribution in [0, 0.1) is 0 Å². The molecule has 1 aromatic carbocycles. The van der Waals surface area contributed by atoms with E-state index in [0.717, 1.165) is 5.56 Å². The van der Waals surface area contributed by atoms with Crippen LogP contribution < -0.4 is 9.47 Å². The maximum atomic E-state index is 9.21. The summed E-state index contributed by atoms with van der Waals surface area (Å²) < 4.78 is 10.8. The van der Waals surface area contributed by atoms with Crippen molar-refractivity contribution >= 4 is 11.6 Å². The molecule has 0 aliphatic carbocycles. The van der Waals surface area contributed by atoms with Gasteiger partial charge >= 0.3 is 0 Å². The lowest BCUT2D eigenvalue weighted by Crippen LogP contribution is -2.06. The predicted octanol–water partition coefficient (Wildman–Crippen LogP) is 2.84. The summed E-state index contributed by atoms with van der Waals surface area (Å²) in [5.74, 6) is 1.18. The summed E-state index contributed by atoms with van der Waals surface area (Å²) in [5.41, 5.74) is 0.797. The fourth-order valence-electron chi connectivity index (χ4n) is 1.56. The van der Waals surface area contributed by atoms with E-state index in [0.29, 0.717) is 23.1 Å². The molecule has 16 heavy (non-hydrogen) atoms. The van der Waals surface area contributed by atoms with Gasteiger partial charge in [0.2, 0.25) is 0 Å². The minimum Gasteiger partial charge on any atom is -0.493 e. The Hall–Kier alpha value is -0.930. The number of halogens is 1. The molecule has 1 N–H and O–H groups in total. The Bertz CT molecular complexity index is 352. The highest BCUT2D eigenvalue weighted by Crippen LogP contribution is 2.40. The van der Waals surface area contributed by atoms with Crippen molar-refractivity contribution < 1.29 is 14.6 Å². The van der Waals surface area contributed by atoms with E-state index in [1.807, 2.05) is 13.8 Å². The van der Waals surface area contributed by atoms with E-state index in [-0.39, 0.29) is 12.5 Å². The molecule has 90 valence electrons. The maximum absolute atomic E-state index is 9.21. The molecular formula is C12H17ClO3. The molecule has 1 aromatic rings. The van der Waals surface area contributed by atoms with Crippen LogP contribution in [-0.2, 0) is 0 Å². The highest BCUT2D eigenvalue weighted by Gasteiger charge is 2.19. The highest BCUT2D eigenvalue weighted by atomic mass is 35.5. The van der Waals surface area contributed by atoms with E-state index < -0.39 is 0 Å². The van der Waals surface area contributed by atoms with Crippen molar-refractivity contribution in [3.63, 3.8) is 0 Å². The van der Waals surface area contributed by atoms with Crippen LogP contribution >= 0.6 is 11.6 Å². The van der Waals surface area contributed by atoms with Gasteiger partial charge in [0.15, 0.2) is 11.5 Å². The molecule has 1 atom stereocenters. The van der Waals surface area contributed by atoms with E-state index >= 15 is 0 Å². The molecule has 0 aromatic heterocycles. The maximum Gasteiger partial charge on any atom is 0.166 e. The Labute approximate surface area is 101 Å². The topological polar surface area (TPSA) is 38.7 Å². The number of hydrogen-bond acceptors (Lipinski definition) is 3. The van der Waals surface area contributed by atoms with Crippen LogP contribution in [0.15, 0.2) is 12.1 Å².